The molecule has 0 unspecified atom stereocenters. The number of benzene rings is 2. The van der Waals surface area contributed by atoms with Crippen LogP contribution >= 0.6 is 34.2 Å². The van der Waals surface area contributed by atoms with E-state index in [1.807, 2.05) is 11.8 Å². The van der Waals surface area contributed by atoms with Crippen LogP contribution in [0.3, 0.4) is 0 Å². The van der Waals surface area contributed by atoms with Gasteiger partial charge in [-0.2, -0.15) is 0 Å². The predicted molar refractivity (Wildman–Crippen MR) is 166 cm³/mol. The maximum atomic E-state index is 15.0. The number of fused-ring (bicyclic) bond motifs is 1. The number of amidine groups is 1. The lowest BCUT2D eigenvalue weighted by Gasteiger charge is -2.44. The second-order valence-corrected chi connectivity index (χ2v) is 12.7. The molecule has 41 heavy (non-hydrogen) atoms. The average molecular weight is 699 g/mol. The number of nitrogens with zero attached hydrogens (tertiary/aromatic N) is 4. The first-order valence-corrected chi connectivity index (χ1v) is 15.2. The van der Waals surface area contributed by atoms with Crippen LogP contribution < -0.4 is 10.1 Å². The minimum absolute atomic E-state index is 0.0682. The maximum absolute atomic E-state index is 15.0. The van der Waals surface area contributed by atoms with Crippen molar-refractivity contribution in [1.82, 2.24) is 19.6 Å². The van der Waals surface area contributed by atoms with E-state index in [1.54, 1.807) is 11.0 Å². The number of hydrogen-bond acceptors (Lipinski definition) is 6. The molecule has 1 amide bonds. The Hall–Kier alpha value is -2.48. The number of alkyl halides is 1. The molecule has 2 saturated heterocycles. The molecule has 8 nitrogen and oxygen atoms in total. The second kappa shape index (κ2) is 12.4. The van der Waals surface area contributed by atoms with E-state index in [0.717, 1.165) is 38.8 Å². The Balaban J connectivity index is 1.51. The Labute approximate surface area is 257 Å². The summed E-state index contributed by atoms with van der Waals surface area (Å²) in [6, 6.07) is 4.82. The van der Waals surface area contributed by atoms with Crippen LogP contribution in [-0.4, -0.2) is 107 Å². The zero-order chi connectivity index (χ0) is 29.4. The maximum Gasteiger partial charge on any atom is 0.246 e. The first-order valence-electron chi connectivity index (χ1n) is 13.6. The Bertz CT molecular complexity index is 1360. The highest BCUT2D eigenvalue weighted by Gasteiger charge is 2.37. The number of anilines is 1. The van der Waals surface area contributed by atoms with Crippen LogP contribution in [0.4, 0.5) is 14.5 Å². The molecule has 0 aromatic heterocycles. The number of carbonyl (C=O) groups excluding carboxylic acids is 1. The van der Waals surface area contributed by atoms with Crippen molar-refractivity contribution in [2.24, 2.45) is 0 Å². The van der Waals surface area contributed by atoms with Crippen molar-refractivity contribution >= 4 is 51.6 Å². The van der Waals surface area contributed by atoms with Gasteiger partial charge in [0.05, 0.1) is 16.8 Å². The summed E-state index contributed by atoms with van der Waals surface area (Å²) < 4.78 is 34.9. The van der Waals surface area contributed by atoms with Crippen LogP contribution in [-0.2, 0) is 4.79 Å². The highest BCUT2D eigenvalue weighted by Crippen LogP contribution is 2.47. The van der Waals surface area contributed by atoms with Gasteiger partial charge in [0.2, 0.25) is 5.91 Å². The molecule has 2 aromatic carbocycles. The first-order chi connectivity index (χ1) is 19.6. The molecule has 0 spiro atoms. The molecule has 220 valence electrons. The second-order valence-electron chi connectivity index (χ2n) is 10.8. The van der Waals surface area contributed by atoms with Crippen LogP contribution in [0.1, 0.15) is 12.5 Å². The SMILES string of the molecule is C=CC(=O)N1C[C@H](C)N(C(=N)c2cc(Cl)c(-c3ccc(F)cc3F)c3c2N[C@H](CN2CCN(C)CC2)CO3)C[C@H]1I. The molecule has 0 aliphatic carbocycles. The largest absolute Gasteiger partial charge is 0.488 e. The van der Waals surface area contributed by atoms with Gasteiger partial charge in [-0.05, 0) is 38.2 Å². The molecular weight excluding hydrogens is 665 g/mol. The Morgan fingerprint density at radius 3 is 2.63 bits per heavy atom. The third-order valence-electron chi connectivity index (χ3n) is 7.96. The van der Waals surface area contributed by atoms with E-state index in [1.165, 1.54) is 18.2 Å². The van der Waals surface area contributed by atoms with Gasteiger partial charge in [0.15, 0.2) is 5.75 Å². The van der Waals surface area contributed by atoms with Crippen LogP contribution in [0.5, 0.6) is 5.75 Å². The number of amides is 1. The summed E-state index contributed by atoms with van der Waals surface area (Å²) in [7, 11) is 2.11. The summed E-state index contributed by atoms with van der Waals surface area (Å²) in [5, 5.41) is 13.1. The fourth-order valence-corrected chi connectivity index (χ4v) is 6.89. The van der Waals surface area contributed by atoms with Gasteiger partial charge in [0, 0.05) is 74.6 Å². The molecule has 3 aliphatic rings. The molecule has 2 N–H and O–H groups in total. The predicted octanol–water partition coefficient (Wildman–Crippen LogP) is 4.51. The molecule has 2 aromatic rings. The molecule has 3 atom stereocenters. The summed E-state index contributed by atoms with van der Waals surface area (Å²) in [4.78, 5) is 20.7. The van der Waals surface area contributed by atoms with Crippen LogP contribution in [0.2, 0.25) is 5.02 Å². The quantitative estimate of drug-likeness (QED) is 0.120. The molecule has 2 fully saturated rings. The van der Waals surface area contributed by atoms with Crippen molar-refractivity contribution in [2.45, 2.75) is 23.1 Å². The topological polar surface area (TPSA) is 75.1 Å². The number of ether oxygens (including phenoxy) is 1. The first kappa shape index (κ1) is 30.0. The van der Waals surface area contributed by atoms with Crippen molar-refractivity contribution in [2.75, 3.05) is 64.8 Å². The molecular formula is C29H34ClF2IN6O2. The third-order valence-corrected chi connectivity index (χ3v) is 9.33. The molecule has 0 saturated carbocycles. The number of rotatable bonds is 5. The van der Waals surface area contributed by atoms with E-state index in [2.05, 4.69) is 51.3 Å². The summed E-state index contributed by atoms with van der Waals surface area (Å²) in [5.41, 5.74) is 1.54. The molecule has 12 heteroatoms. The van der Waals surface area contributed by atoms with E-state index >= 15 is 4.39 Å². The van der Waals surface area contributed by atoms with Gasteiger partial charge in [-0.25, -0.2) is 8.78 Å². The summed E-state index contributed by atoms with van der Waals surface area (Å²) in [6.45, 7) is 11.4. The van der Waals surface area contributed by atoms with Gasteiger partial charge in [0.1, 0.15) is 28.1 Å². The van der Waals surface area contributed by atoms with Crippen molar-refractivity contribution in [3.8, 4) is 16.9 Å². The zero-order valence-electron chi connectivity index (χ0n) is 23.1. The normalized spacial score (nSPS) is 23.4. The van der Waals surface area contributed by atoms with E-state index in [9.17, 15) is 14.6 Å². The Morgan fingerprint density at radius 1 is 1.22 bits per heavy atom. The van der Waals surface area contributed by atoms with E-state index in [4.69, 9.17) is 16.3 Å². The number of piperazine rings is 2. The molecule has 0 bridgehead atoms. The minimum Gasteiger partial charge on any atom is -0.488 e. The smallest absolute Gasteiger partial charge is 0.246 e. The lowest BCUT2D eigenvalue weighted by Crippen LogP contribution is -2.58. The molecule has 3 heterocycles. The monoisotopic (exact) mass is 698 g/mol. The number of carbonyl (C=O) groups is 1. The lowest BCUT2D eigenvalue weighted by atomic mass is 9.97. The highest BCUT2D eigenvalue weighted by atomic mass is 127. The van der Waals surface area contributed by atoms with E-state index < -0.39 is 11.6 Å². The highest BCUT2D eigenvalue weighted by molar-refractivity contribution is 14.1. The van der Waals surface area contributed by atoms with E-state index in [-0.39, 0.29) is 38.5 Å². The van der Waals surface area contributed by atoms with Gasteiger partial charge in [-0.1, -0.05) is 40.8 Å². The Kier molecular flexibility index (Phi) is 9.07. The van der Waals surface area contributed by atoms with Crippen molar-refractivity contribution in [3.63, 3.8) is 0 Å². The van der Waals surface area contributed by atoms with Gasteiger partial charge in [-0.3, -0.25) is 15.1 Å². The van der Waals surface area contributed by atoms with Crippen LogP contribution in [0, 0.1) is 17.0 Å². The van der Waals surface area contributed by atoms with E-state index in [0.29, 0.717) is 42.3 Å². The Morgan fingerprint density at radius 2 is 1.95 bits per heavy atom. The summed E-state index contributed by atoms with van der Waals surface area (Å²) >= 11 is 9.00. The van der Waals surface area contributed by atoms with Gasteiger partial charge in [0.25, 0.3) is 0 Å². The fraction of sp³-hybridized carbons (Fsp3) is 0.448. The van der Waals surface area contributed by atoms with Crippen LogP contribution in [0.15, 0.2) is 36.9 Å². The lowest BCUT2D eigenvalue weighted by molar-refractivity contribution is -0.128. The summed E-state index contributed by atoms with van der Waals surface area (Å²) in [6.07, 6.45) is 1.31. The third kappa shape index (κ3) is 6.18. The fourth-order valence-electron chi connectivity index (χ4n) is 5.66. The number of nitrogens with one attached hydrogen (secondary N) is 2. The minimum atomic E-state index is -0.746. The number of hydrogen-bond donors (Lipinski definition) is 2. The molecule has 0 radical (unpaired) electrons. The van der Waals surface area contributed by atoms with Crippen molar-refractivity contribution < 1.29 is 18.3 Å². The van der Waals surface area contributed by atoms with Crippen molar-refractivity contribution in [3.05, 3.63) is 59.1 Å². The van der Waals surface area contributed by atoms with Gasteiger partial charge >= 0.3 is 0 Å². The van der Waals surface area contributed by atoms with Crippen molar-refractivity contribution in [1.29, 1.82) is 5.41 Å². The number of likely N-dealkylation sites (N-methyl/N-ethyl adjacent to an activating group) is 1. The van der Waals surface area contributed by atoms with Gasteiger partial charge < -0.3 is 24.8 Å². The summed E-state index contributed by atoms with van der Waals surface area (Å²) in [5.74, 6) is -1.00. The average Bonchev–Trinajstić information content (AvgIpc) is 2.95. The number of halogens is 4. The zero-order valence-corrected chi connectivity index (χ0v) is 26.0. The molecule has 3 aliphatic heterocycles. The standard InChI is InChI=1S/C29H34ClF2IN6O2/c1-4-25(40)39-13-17(2)38(15-24(39)33)29(34)21-12-22(30)26(20-6-5-18(31)11-23(20)32)28-27(21)35-19(16-41-28)14-37-9-7-36(3)8-10-37/h4-6,11-12,17,19,24,34-35H,1,7-10,13-16H2,2-3H3/t17-,19+,24-/m0/s1. The van der Waals surface area contributed by atoms with Crippen LogP contribution in [0.25, 0.3) is 11.1 Å². The molecule has 5 rings (SSSR count). The van der Waals surface area contributed by atoms with Gasteiger partial charge in [-0.15, -0.1) is 0 Å².